The van der Waals surface area contributed by atoms with Crippen molar-refractivity contribution in [2.24, 2.45) is 0 Å². The molecule has 1 atom stereocenters. The number of hydrogen-bond donors (Lipinski definition) is 2. The Hall–Kier alpha value is -1.68. The molecular weight excluding hydrogens is 230 g/mol. The van der Waals surface area contributed by atoms with Gasteiger partial charge in [-0.3, -0.25) is 0 Å². The van der Waals surface area contributed by atoms with Gasteiger partial charge in [0.1, 0.15) is 0 Å². The zero-order valence-electron chi connectivity index (χ0n) is 11.2. The minimum Gasteiger partial charge on any atom is -0.502 e. The number of benzene rings is 1. The van der Waals surface area contributed by atoms with Crippen LogP contribution in [0.5, 0.6) is 17.2 Å². The van der Waals surface area contributed by atoms with Gasteiger partial charge in [0, 0.05) is 12.6 Å². The van der Waals surface area contributed by atoms with E-state index in [4.69, 9.17) is 9.47 Å². The zero-order chi connectivity index (χ0) is 13.5. The molecule has 0 aliphatic heterocycles. The van der Waals surface area contributed by atoms with Gasteiger partial charge in [-0.2, -0.15) is 0 Å². The van der Waals surface area contributed by atoms with Gasteiger partial charge in [-0.05, 0) is 31.0 Å². The average molecular weight is 251 g/mol. The van der Waals surface area contributed by atoms with Crippen LogP contribution in [-0.4, -0.2) is 25.4 Å². The number of ether oxygens (including phenoxy) is 2. The Morgan fingerprint density at radius 1 is 1.33 bits per heavy atom. The second-order valence-electron chi connectivity index (χ2n) is 4.16. The lowest BCUT2D eigenvalue weighted by Gasteiger charge is -2.14. The van der Waals surface area contributed by atoms with E-state index in [0.29, 0.717) is 24.1 Å². The Labute approximate surface area is 108 Å². The van der Waals surface area contributed by atoms with E-state index in [1.165, 1.54) is 14.2 Å². The van der Waals surface area contributed by atoms with E-state index in [1.807, 2.05) is 6.08 Å². The molecule has 0 radical (unpaired) electrons. The second kappa shape index (κ2) is 6.91. The molecule has 100 valence electrons. The molecule has 1 aromatic carbocycles. The normalized spacial score (nSPS) is 11.9. The number of phenolic OH excluding ortho intramolecular Hbond substituents is 1. The molecule has 18 heavy (non-hydrogen) atoms. The summed E-state index contributed by atoms with van der Waals surface area (Å²) in [5, 5.41) is 13.1. The van der Waals surface area contributed by atoms with E-state index >= 15 is 0 Å². The molecular formula is C14H21NO3. The van der Waals surface area contributed by atoms with Crippen LogP contribution in [0, 0.1) is 0 Å². The molecule has 4 heteroatoms. The van der Waals surface area contributed by atoms with E-state index in [0.717, 1.165) is 12.0 Å². The van der Waals surface area contributed by atoms with Crippen LogP contribution < -0.4 is 14.8 Å². The van der Waals surface area contributed by atoms with Crippen molar-refractivity contribution in [2.75, 3.05) is 14.2 Å². The molecule has 0 bridgehead atoms. The molecule has 2 N–H and O–H groups in total. The first-order valence-corrected chi connectivity index (χ1v) is 5.90. The molecule has 0 amide bonds. The predicted octanol–water partition coefficient (Wildman–Crippen LogP) is 2.46. The molecule has 0 fully saturated rings. The summed E-state index contributed by atoms with van der Waals surface area (Å²) in [5.41, 5.74) is 0.998. The van der Waals surface area contributed by atoms with Crippen molar-refractivity contribution >= 4 is 0 Å². The quantitative estimate of drug-likeness (QED) is 0.731. The minimum atomic E-state index is 0.0305. The van der Waals surface area contributed by atoms with Crippen molar-refractivity contribution in [1.82, 2.24) is 5.32 Å². The highest BCUT2D eigenvalue weighted by Crippen LogP contribution is 2.36. The highest BCUT2D eigenvalue weighted by Gasteiger charge is 2.11. The third-order valence-electron chi connectivity index (χ3n) is 2.71. The fourth-order valence-corrected chi connectivity index (χ4v) is 1.68. The van der Waals surface area contributed by atoms with Crippen molar-refractivity contribution in [3.8, 4) is 17.2 Å². The second-order valence-corrected chi connectivity index (χ2v) is 4.16. The van der Waals surface area contributed by atoms with Gasteiger partial charge in [0.2, 0.25) is 5.75 Å². The van der Waals surface area contributed by atoms with Crippen LogP contribution in [0.1, 0.15) is 18.9 Å². The molecule has 0 saturated heterocycles. The van der Waals surface area contributed by atoms with E-state index in [1.54, 1.807) is 12.1 Å². The summed E-state index contributed by atoms with van der Waals surface area (Å²) in [4.78, 5) is 0. The lowest BCUT2D eigenvalue weighted by Crippen LogP contribution is -2.24. The maximum Gasteiger partial charge on any atom is 0.200 e. The third-order valence-corrected chi connectivity index (χ3v) is 2.71. The summed E-state index contributed by atoms with van der Waals surface area (Å²) >= 11 is 0. The van der Waals surface area contributed by atoms with Crippen LogP contribution in [-0.2, 0) is 6.54 Å². The van der Waals surface area contributed by atoms with E-state index < -0.39 is 0 Å². The summed E-state index contributed by atoms with van der Waals surface area (Å²) < 4.78 is 10.2. The molecule has 0 spiro atoms. The average Bonchev–Trinajstić information content (AvgIpc) is 2.37. The lowest BCUT2D eigenvalue weighted by molar-refractivity contribution is 0.339. The van der Waals surface area contributed by atoms with Crippen LogP contribution in [0.3, 0.4) is 0 Å². The number of hydrogen-bond acceptors (Lipinski definition) is 4. The molecule has 0 aliphatic rings. The SMILES string of the molecule is C=CCC(C)NCc1cc(OC)c(O)c(OC)c1. The molecule has 1 rings (SSSR count). The fourth-order valence-electron chi connectivity index (χ4n) is 1.68. The predicted molar refractivity (Wildman–Crippen MR) is 72.3 cm³/mol. The molecule has 0 aliphatic carbocycles. The van der Waals surface area contributed by atoms with Crippen LogP contribution in [0.25, 0.3) is 0 Å². The molecule has 0 saturated carbocycles. The molecule has 0 heterocycles. The summed E-state index contributed by atoms with van der Waals surface area (Å²) in [5.74, 6) is 0.868. The van der Waals surface area contributed by atoms with Crippen molar-refractivity contribution in [1.29, 1.82) is 0 Å². The topological polar surface area (TPSA) is 50.7 Å². The van der Waals surface area contributed by atoms with E-state index in [9.17, 15) is 5.11 Å². The van der Waals surface area contributed by atoms with Gasteiger partial charge in [0.25, 0.3) is 0 Å². The Bertz CT molecular complexity index is 379. The van der Waals surface area contributed by atoms with Gasteiger partial charge < -0.3 is 19.9 Å². The molecule has 1 aromatic rings. The van der Waals surface area contributed by atoms with Crippen molar-refractivity contribution in [3.63, 3.8) is 0 Å². The van der Waals surface area contributed by atoms with Crippen LogP contribution in [0.2, 0.25) is 0 Å². The highest BCUT2D eigenvalue weighted by molar-refractivity contribution is 5.52. The minimum absolute atomic E-state index is 0.0305. The first-order valence-electron chi connectivity index (χ1n) is 5.90. The summed E-state index contributed by atoms with van der Waals surface area (Å²) in [6.45, 7) is 6.49. The number of rotatable bonds is 7. The van der Waals surface area contributed by atoms with Crippen LogP contribution in [0.15, 0.2) is 24.8 Å². The number of nitrogens with one attached hydrogen (secondary N) is 1. The summed E-state index contributed by atoms with van der Waals surface area (Å²) in [6, 6.07) is 3.95. The summed E-state index contributed by atoms with van der Waals surface area (Å²) in [6.07, 6.45) is 2.79. The fraction of sp³-hybridized carbons (Fsp3) is 0.429. The lowest BCUT2D eigenvalue weighted by atomic mass is 10.1. The van der Waals surface area contributed by atoms with E-state index in [2.05, 4.69) is 18.8 Å². The van der Waals surface area contributed by atoms with E-state index in [-0.39, 0.29) is 5.75 Å². The van der Waals surface area contributed by atoms with Crippen molar-refractivity contribution < 1.29 is 14.6 Å². The molecule has 0 aromatic heterocycles. The zero-order valence-corrected chi connectivity index (χ0v) is 11.2. The van der Waals surface area contributed by atoms with Gasteiger partial charge in [0.15, 0.2) is 11.5 Å². The van der Waals surface area contributed by atoms with Gasteiger partial charge >= 0.3 is 0 Å². The van der Waals surface area contributed by atoms with Gasteiger partial charge in [-0.1, -0.05) is 6.08 Å². The van der Waals surface area contributed by atoms with Gasteiger partial charge in [-0.15, -0.1) is 6.58 Å². The maximum absolute atomic E-state index is 9.79. The standard InChI is InChI=1S/C14H21NO3/c1-5-6-10(2)15-9-11-7-12(17-3)14(16)13(8-11)18-4/h5,7-8,10,15-16H,1,6,9H2,2-4H3. The van der Waals surface area contributed by atoms with Gasteiger partial charge in [-0.25, -0.2) is 0 Å². The number of phenols is 1. The highest BCUT2D eigenvalue weighted by atomic mass is 16.5. The molecule has 1 unspecified atom stereocenters. The Morgan fingerprint density at radius 2 is 1.89 bits per heavy atom. The van der Waals surface area contributed by atoms with Crippen LogP contribution >= 0.6 is 0 Å². The van der Waals surface area contributed by atoms with Gasteiger partial charge in [0.05, 0.1) is 14.2 Å². The Balaban J connectivity index is 2.79. The molecule has 4 nitrogen and oxygen atoms in total. The number of aromatic hydroxyl groups is 1. The third kappa shape index (κ3) is 3.67. The largest absolute Gasteiger partial charge is 0.502 e. The maximum atomic E-state index is 9.79. The number of methoxy groups -OCH3 is 2. The summed E-state index contributed by atoms with van der Waals surface area (Å²) in [7, 11) is 3.04. The smallest absolute Gasteiger partial charge is 0.200 e. The van der Waals surface area contributed by atoms with Crippen molar-refractivity contribution in [3.05, 3.63) is 30.4 Å². The Kier molecular flexibility index (Phi) is 5.52. The van der Waals surface area contributed by atoms with Crippen molar-refractivity contribution in [2.45, 2.75) is 25.9 Å². The first-order chi connectivity index (χ1) is 8.62. The Morgan fingerprint density at radius 3 is 2.33 bits per heavy atom. The van der Waals surface area contributed by atoms with Crippen LogP contribution in [0.4, 0.5) is 0 Å². The first kappa shape index (κ1) is 14.4. The monoisotopic (exact) mass is 251 g/mol.